The van der Waals surface area contributed by atoms with Crippen LogP contribution in [-0.2, 0) is 0 Å². The SMILES string of the molecule is CNC1(CCO)CCCC1(C)C. The van der Waals surface area contributed by atoms with E-state index in [1.54, 1.807) is 0 Å². The highest BCUT2D eigenvalue weighted by atomic mass is 16.3. The van der Waals surface area contributed by atoms with Gasteiger partial charge in [-0.05, 0) is 31.7 Å². The minimum Gasteiger partial charge on any atom is -0.396 e. The summed E-state index contributed by atoms with van der Waals surface area (Å²) in [5.41, 5.74) is 0.520. The van der Waals surface area contributed by atoms with Crippen molar-refractivity contribution in [3.05, 3.63) is 0 Å². The van der Waals surface area contributed by atoms with Gasteiger partial charge in [-0.15, -0.1) is 0 Å². The molecule has 0 spiro atoms. The largest absolute Gasteiger partial charge is 0.396 e. The average molecular weight is 171 g/mol. The fraction of sp³-hybridized carbons (Fsp3) is 1.00. The Kier molecular flexibility index (Phi) is 2.79. The monoisotopic (exact) mass is 171 g/mol. The summed E-state index contributed by atoms with van der Waals surface area (Å²) >= 11 is 0. The van der Waals surface area contributed by atoms with Gasteiger partial charge in [0.2, 0.25) is 0 Å². The second-order valence-electron chi connectivity index (χ2n) is 4.54. The van der Waals surface area contributed by atoms with E-state index in [-0.39, 0.29) is 5.54 Å². The molecule has 0 aromatic rings. The Labute approximate surface area is 75.4 Å². The number of aliphatic hydroxyl groups is 1. The number of rotatable bonds is 3. The molecule has 2 heteroatoms. The van der Waals surface area contributed by atoms with Gasteiger partial charge in [0.1, 0.15) is 0 Å². The first-order valence-electron chi connectivity index (χ1n) is 4.88. The lowest BCUT2D eigenvalue weighted by Crippen LogP contribution is -2.51. The molecule has 0 bridgehead atoms. The smallest absolute Gasteiger partial charge is 0.0448 e. The average Bonchev–Trinajstić information content (AvgIpc) is 2.29. The molecule has 0 amide bonds. The summed E-state index contributed by atoms with van der Waals surface area (Å²) < 4.78 is 0. The van der Waals surface area contributed by atoms with Crippen molar-refractivity contribution >= 4 is 0 Å². The minimum atomic E-state index is 0.182. The van der Waals surface area contributed by atoms with E-state index in [4.69, 9.17) is 5.11 Å². The maximum atomic E-state index is 9.02. The summed E-state index contributed by atoms with van der Waals surface area (Å²) in [6.07, 6.45) is 4.65. The lowest BCUT2D eigenvalue weighted by atomic mass is 9.73. The predicted octanol–water partition coefficient (Wildman–Crippen LogP) is 1.54. The third-order valence-electron chi connectivity index (χ3n) is 3.72. The second-order valence-corrected chi connectivity index (χ2v) is 4.54. The zero-order chi connectivity index (χ0) is 9.24. The maximum absolute atomic E-state index is 9.02. The summed E-state index contributed by atoms with van der Waals surface area (Å²) in [5.74, 6) is 0. The summed E-state index contributed by atoms with van der Waals surface area (Å²) in [4.78, 5) is 0. The summed E-state index contributed by atoms with van der Waals surface area (Å²) in [6, 6.07) is 0. The first-order valence-corrected chi connectivity index (χ1v) is 4.88. The zero-order valence-corrected chi connectivity index (χ0v) is 8.48. The van der Waals surface area contributed by atoms with Crippen LogP contribution >= 0.6 is 0 Å². The standard InChI is InChI=1S/C10H21NO/c1-9(2)5-4-6-10(9,11-3)7-8-12/h11-12H,4-8H2,1-3H3. The molecule has 72 valence electrons. The Morgan fingerprint density at radius 1 is 1.33 bits per heavy atom. The van der Waals surface area contributed by atoms with Crippen LogP contribution in [0.2, 0.25) is 0 Å². The highest BCUT2D eigenvalue weighted by Gasteiger charge is 2.46. The highest BCUT2D eigenvalue weighted by molar-refractivity contribution is 5.03. The van der Waals surface area contributed by atoms with Crippen LogP contribution in [0.15, 0.2) is 0 Å². The zero-order valence-electron chi connectivity index (χ0n) is 8.48. The lowest BCUT2D eigenvalue weighted by molar-refractivity contribution is 0.122. The third-order valence-corrected chi connectivity index (χ3v) is 3.72. The van der Waals surface area contributed by atoms with Gasteiger partial charge in [0.15, 0.2) is 0 Å². The third kappa shape index (κ3) is 1.38. The van der Waals surface area contributed by atoms with E-state index in [9.17, 15) is 0 Å². The molecular weight excluding hydrogens is 150 g/mol. The summed E-state index contributed by atoms with van der Waals surface area (Å²) in [7, 11) is 2.02. The molecule has 1 aliphatic carbocycles. The molecule has 0 aromatic heterocycles. The van der Waals surface area contributed by atoms with Crippen LogP contribution in [0.4, 0.5) is 0 Å². The van der Waals surface area contributed by atoms with Gasteiger partial charge in [-0.25, -0.2) is 0 Å². The molecule has 0 heterocycles. The molecule has 2 N–H and O–H groups in total. The summed E-state index contributed by atoms with van der Waals surface area (Å²) in [6.45, 7) is 4.89. The molecule has 1 fully saturated rings. The van der Waals surface area contributed by atoms with Gasteiger partial charge in [-0.1, -0.05) is 20.3 Å². The van der Waals surface area contributed by atoms with E-state index >= 15 is 0 Å². The normalized spacial score (nSPS) is 34.0. The number of hydrogen-bond donors (Lipinski definition) is 2. The van der Waals surface area contributed by atoms with Crippen LogP contribution in [0.3, 0.4) is 0 Å². The molecule has 1 aliphatic rings. The Balaban J connectivity index is 2.76. The Bertz CT molecular complexity index is 156. The molecule has 0 aliphatic heterocycles. The van der Waals surface area contributed by atoms with Crippen LogP contribution in [0.5, 0.6) is 0 Å². The molecular formula is C10H21NO. The molecule has 1 atom stereocenters. The molecule has 12 heavy (non-hydrogen) atoms. The van der Waals surface area contributed by atoms with Crippen LogP contribution in [-0.4, -0.2) is 24.3 Å². The van der Waals surface area contributed by atoms with Crippen molar-refractivity contribution in [2.24, 2.45) is 5.41 Å². The molecule has 1 saturated carbocycles. The van der Waals surface area contributed by atoms with Crippen LogP contribution in [0.25, 0.3) is 0 Å². The summed E-state index contributed by atoms with van der Waals surface area (Å²) in [5, 5.41) is 12.4. The number of aliphatic hydroxyl groups excluding tert-OH is 1. The van der Waals surface area contributed by atoms with Crippen molar-refractivity contribution in [3.8, 4) is 0 Å². The quantitative estimate of drug-likeness (QED) is 0.675. The molecule has 0 aromatic carbocycles. The van der Waals surface area contributed by atoms with Crippen molar-refractivity contribution in [2.45, 2.75) is 45.1 Å². The van der Waals surface area contributed by atoms with E-state index in [0.29, 0.717) is 12.0 Å². The van der Waals surface area contributed by atoms with Crippen molar-refractivity contribution in [1.29, 1.82) is 0 Å². The van der Waals surface area contributed by atoms with Crippen LogP contribution in [0, 0.1) is 5.41 Å². The van der Waals surface area contributed by atoms with E-state index in [1.807, 2.05) is 7.05 Å². The van der Waals surface area contributed by atoms with E-state index in [0.717, 1.165) is 6.42 Å². The van der Waals surface area contributed by atoms with Gasteiger partial charge in [-0.2, -0.15) is 0 Å². The minimum absolute atomic E-state index is 0.182. The van der Waals surface area contributed by atoms with Crippen molar-refractivity contribution in [3.63, 3.8) is 0 Å². The molecule has 0 radical (unpaired) electrons. The Hall–Kier alpha value is -0.0800. The molecule has 2 nitrogen and oxygen atoms in total. The first kappa shape index (κ1) is 10.0. The Morgan fingerprint density at radius 2 is 2.00 bits per heavy atom. The maximum Gasteiger partial charge on any atom is 0.0448 e. The topological polar surface area (TPSA) is 32.3 Å². The Morgan fingerprint density at radius 3 is 2.33 bits per heavy atom. The van der Waals surface area contributed by atoms with Crippen LogP contribution in [0.1, 0.15) is 39.5 Å². The predicted molar refractivity (Wildman–Crippen MR) is 51.1 cm³/mol. The van der Waals surface area contributed by atoms with Gasteiger partial charge in [0.25, 0.3) is 0 Å². The van der Waals surface area contributed by atoms with Crippen molar-refractivity contribution < 1.29 is 5.11 Å². The van der Waals surface area contributed by atoms with E-state index in [2.05, 4.69) is 19.2 Å². The number of nitrogens with one attached hydrogen (secondary N) is 1. The lowest BCUT2D eigenvalue weighted by Gasteiger charge is -2.41. The van der Waals surface area contributed by atoms with Gasteiger partial charge in [0.05, 0.1) is 0 Å². The first-order chi connectivity index (χ1) is 5.58. The van der Waals surface area contributed by atoms with E-state index < -0.39 is 0 Å². The second kappa shape index (κ2) is 3.35. The van der Waals surface area contributed by atoms with Gasteiger partial charge in [0, 0.05) is 12.1 Å². The van der Waals surface area contributed by atoms with Crippen molar-refractivity contribution in [1.82, 2.24) is 5.32 Å². The molecule has 1 rings (SSSR count). The fourth-order valence-corrected chi connectivity index (χ4v) is 2.65. The van der Waals surface area contributed by atoms with E-state index in [1.165, 1.54) is 19.3 Å². The highest BCUT2D eigenvalue weighted by Crippen LogP contribution is 2.47. The van der Waals surface area contributed by atoms with Crippen molar-refractivity contribution in [2.75, 3.05) is 13.7 Å². The van der Waals surface area contributed by atoms with Gasteiger partial charge < -0.3 is 10.4 Å². The fourth-order valence-electron chi connectivity index (χ4n) is 2.65. The van der Waals surface area contributed by atoms with Crippen LogP contribution < -0.4 is 5.32 Å². The van der Waals surface area contributed by atoms with Gasteiger partial charge in [-0.3, -0.25) is 0 Å². The molecule has 1 unspecified atom stereocenters. The number of hydrogen-bond acceptors (Lipinski definition) is 2. The van der Waals surface area contributed by atoms with Gasteiger partial charge >= 0.3 is 0 Å². The molecule has 0 saturated heterocycles.